The Hall–Kier alpha value is -1.02. The molecule has 0 saturated carbocycles. The van der Waals surface area contributed by atoms with Crippen LogP contribution in [0.3, 0.4) is 0 Å². The Labute approximate surface area is 94.8 Å². The van der Waals surface area contributed by atoms with Crippen molar-refractivity contribution in [2.45, 2.75) is 25.8 Å². The fraction of sp³-hybridized carbons (Fsp3) is 0.417. The van der Waals surface area contributed by atoms with Crippen molar-refractivity contribution in [1.82, 2.24) is 0 Å². The lowest BCUT2D eigenvalue weighted by Gasteiger charge is -2.22. The first kappa shape index (κ1) is 10.5. The van der Waals surface area contributed by atoms with Crippen molar-refractivity contribution in [2.75, 3.05) is 10.8 Å². The number of halogens is 1. The third-order valence-corrected chi connectivity index (χ3v) is 2.97. The highest BCUT2D eigenvalue weighted by Gasteiger charge is 2.29. The third-order valence-electron chi connectivity index (χ3n) is 2.78. The SMILES string of the molecule is C[C@@H]1Cc2ccccc2N1C(=O)CCCl. The Bertz CT molecular complexity index is 378. The summed E-state index contributed by atoms with van der Waals surface area (Å²) in [5.41, 5.74) is 2.31. The molecule has 1 heterocycles. The van der Waals surface area contributed by atoms with Gasteiger partial charge in [0.2, 0.25) is 5.91 Å². The Kier molecular flexibility index (Phi) is 2.96. The maximum absolute atomic E-state index is 11.9. The summed E-state index contributed by atoms with van der Waals surface area (Å²) in [6.45, 7) is 2.08. The van der Waals surface area contributed by atoms with Gasteiger partial charge >= 0.3 is 0 Å². The molecule has 3 heteroatoms. The van der Waals surface area contributed by atoms with Gasteiger partial charge in [-0.3, -0.25) is 4.79 Å². The number of nitrogens with zero attached hydrogens (tertiary/aromatic N) is 1. The van der Waals surface area contributed by atoms with Crippen molar-refractivity contribution < 1.29 is 4.79 Å². The van der Waals surface area contributed by atoms with Crippen molar-refractivity contribution in [3.05, 3.63) is 29.8 Å². The average molecular weight is 224 g/mol. The maximum atomic E-state index is 11.9. The molecule has 1 amide bonds. The molecule has 0 bridgehead atoms. The van der Waals surface area contributed by atoms with Crippen LogP contribution in [0.15, 0.2) is 24.3 Å². The first-order valence-electron chi connectivity index (χ1n) is 5.20. The molecule has 1 aromatic carbocycles. The molecule has 0 spiro atoms. The van der Waals surface area contributed by atoms with Crippen LogP contribution in [0.5, 0.6) is 0 Å². The molecule has 1 aromatic rings. The molecule has 1 aliphatic rings. The minimum absolute atomic E-state index is 0.127. The summed E-state index contributed by atoms with van der Waals surface area (Å²) in [4.78, 5) is 13.7. The molecule has 0 N–H and O–H groups in total. The molecule has 80 valence electrons. The minimum atomic E-state index is 0.127. The lowest BCUT2D eigenvalue weighted by molar-refractivity contribution is -0.118. The van der Waals surface area contributed by atoms with Gasteiger partial charge in [0.05, 0.1) is 0 Å². The number of alkyl halides is 1. The van der Waals surface area contributed by atoms with E-state index in [0.717, 1.165) is 12.1 Å². The monoisotopic (exact) mass is 223 g/mol. The quantitative estimate of drug-likeness (QED) is 0.706. The Morgan fingerprint density at radius 1 is 1.53 bits per heavy atom. The fourth-order valence-corrected chi connectivity index (χ4v) is 2.31. The van der Waals surface area contributed by atoms with Crippen LogP contribution in [0, 0.1) is 0 Å². The number of anilines is 1. The predicted octanol–water partition coefficient (Wildman–Crippen LogP) is 2.59. The van der Waals surface area contributed by atoms with Crippen LogP contribution < -0.4 is 4.90 Å². The van der Waals surface area contributed by atoms with Gasteiger partial charge in [-0.05, 0) is 25.0 Å². The molecule has 2 nitrogen and oxygen atoms in total. The van der Waals surface area contributed by atoms with Crippen LogP contribution in [0.4, 0.5) is 5.69 Å². The number of rotatable bonds is 2. The molecule has 0 saturated heterocycles. The highest BCUT2D eigenvalue weighted by molar-refractivity contribution is 6.19. The zero-order chi connectivity index (χ0) is 10.8. The summed E-state index contributed by atoms with van der Waals surface area (Å²) in [5, 5.41) is 0. The molecule has 0 aliphatic carbocycles. The van der Waals surface area contributed by atoms with E-state index in [0.29, 0.717) is 12.3 Å². The van der Waals surface area contributed by atoms with E-state index >= 15 is 0 Å². The van der Waals surface area contributed by atoms with E-state index in [2.05, 4.69) is 13.0 Å². The van der Waals surface area contributed by atoms with E-state index in [9.17, 15) is 4.79 Å². The van der Waals surface area contributed by atoms with Crippen molar-refractivity contribution in [3.63, 3.8) is 0 Å². The highest BCUT2D eigenvalue weighted by Crippen LogP contribution is 2.32. The van der Waals surface area contributed by atoms with Gasteiger partial charge in [-0.15, -0.1) is 11.6 Å². The second kappa shape index (κ2) is 4.23. The van der Waals surface area contributed by atoms with Crippen LogP contribution in [0.25, 0.3) is 0 Å². The number of benzene rings is 1. The number of carbonyl (C=O) groups excluding carboxylic acids is 1. The molecule has 0 aromatic heterocycles. The van der Waals surface area contributed by atoms with Gasteiger partial charge in [0.15, 0.2) is 0 Å². The molecule has 0 unspecified atom stereocenters. The molecule has 1 atom stereocenters. The number of hydrogen-bond donors (Lipinski definition) is 0. The van der Waals surface area contributed by atoms with Gasteiger partial charge in [0, 0.05) is 24.0 Å². The van der Waals surface area contributed by atoms with E-state index < -0.39 is 0 Å². The second-order valence-electron chi connectivity index (χ2n) is 3.88. The summed E-state index contributed by atoms with van der Waals surface area (Å²) >= 11 is 5.60. The highest BCUT2D eigenvalue weighted by atomic mass is 35.5. The summed E-state index contributed by atoms with van der Waals surface area (Å²) in [7, 11) is 0. The summed E-state index contributed by atoms with van der Waals surface area (Å²) in [5.74, 6) is 0.520. The Morgan fingerprint density at radius 3 is 3.00 bits per heavy atom. The maximum Gasteiger partial charge on any atom is 0.228 e. The van der Waals surface area contributed by atoms with E-state index in [1.54, 1.807) is 0 Å². The van der Waals surface area contributed by atoms with E-state index in [4.69, 9.17) is 11.6 Å². The molecular formula is C12H14ClNO. The number of fused-ring (bicyclic) bond motifs is 1. The van der Waals surface area contributed by atoms with Gasteiger partial charge in [-0.2, -0.15) is 0 Å². The predicted molar refractivity (Wildman–Crippen MR) is 62.4 cm³/mol. The van der Waals surface area contributed by atoms with Gasteiger partial charge in [0.25, 0.3) is 0 Å². The van der Waals surface area contributed by atoms with Crippen LogP contribution in [-0.4, -0.2) is 17.8 Å². The zero-order valence-electron chi connectivity index (χ0n) is 8.74. The van der Waals surface area contributed by atoms with Crippen LogP contribution >= 0.6 is 11.6 Å². The molecule has 1 aliphatic heterocycles. The van der Waals surface area contributed by atoms with Gasteiger partial charge in [-0.25, -0.2) is 0 Å². The largest absolute Gasteiger partial charge is 0.309 e. The molecule has 0 radical (unpaired) electrons. The standard InChI is InChI=1S/C12H14ClNO/c1-9-8-10-4-2-3-5-11(10)14(9)12(15)6-7-13/h2-5,9H,6-8H2,1H3/t9-/m1/s1. The van der Waals surface area contributed by atoms with E-state index in [1.807, 2.05) is 23.1 Å². The van der Waals surface area contributed by atoms with Crippen molar-refractivity contribution in [1.29, 1.82) is 0 Å². The smallest absolute Gasteiger partial charge is 0.228 e. The number of amides is 1. The molecule has 15 heavy (non-hydrogen) atoms. The van der Waals surface area contributed by atoms with E-state index in [1.165, 1.54) is 5.56 Å². The van der Waals surface area contributed by atoms with Crippen molar-refractivity contribution >= 4 is 23.2 Å². The first-order valence-corrected chi connectivity index (χ1v) is 5.73. The van der Waals surface area contributed by atoms with Crippen LogP contribution in [0.1, 0.15) is 18.9 Å². The topological polar surface area (TPSA) is 20.3 Å². The van der Waals surface area contributed by atoms with Gasteiger partial charge in [0.1, 0.15) is 0 Å². The van der Waals surface area contributed by atoms with Crippen LogP contribution in [0.2, 0.25) is 0 Å². The molecule has 0 fully saturated rings. The second-order valence-corrected chi connectivity index (χ2v) is 4.26. The van der Waals surface area contributed by atoms with Crippen LogP contribution in [-0.2, 0) is 11.2 Å². The average Bonchev–Trinajstić information content (AvgIpc) is 2.54. The molecule has 2 rings (SSSR count). The summed E-state index contributed by atoms with van der Waals surface area (Å²) < 4.78 is 0. The Morgan fingerprint density at radius 2 is 2.27 bits per heavy atom. The fourth-order valence-electron chi connectivity index (χ4n) is 2.15. The minimum Gasteiger partial charge on any atom is -0.309 e. The molecular weight excluding hydrogens is 210 g/mol. The number of para-hydroxylation sites is 1. The van der Waals surface area contributed by atoms with Crippen molar-refractivity contribution in [3.8, 4) is 0 Å². The van der Waals surface area contributed by atoms with Crippen molar-refractivity contribution in [2.24, 2.45) is 0 Å². The normalized spacial score (nSPS) is 19.1. The Balaban J connectivity index is 2.29. The third kappa shape index (κ3) is 1.86. The first-order chi connectivity index (χ1) is 7.24. The van der Waals surface area contributed by atoms with E-state index in [-0.39, 0.29) is 11.9 Å². The van der Waals surface area contributed by atoms with Gasteiger partial charge in [-0.1, -0.05) is 18.2 Å². The number of hydrogen-bond acceptors (Lipinski definition) is 1. The number of carbonyl (C=O) groups is 1. The summed E-state index contributed by atoms with van der Waals surface area (Å²) in [6, 6.07) is 8.34. The zero-order valence-corrected chi connectivity index (χ0v) is 9.50. The van der Waals surface area contributed by atoms with Gasteiger partial charge < -0.3 is 4.90 Å². The lowest BCUT2D eigenvalue weighted by Crippen LogP contribution is -2.35. The summed E-state index contributed by atoms with van der Waals surface area (Å²) in [6.07, 6.45) is 1.37. The lowest BCUT2D eigenvalue weighted by atomic mass is 10.1.